The Labute approximate surface area is 135 Å². The molecule has 0 saturated heterocycles. The second kappa shape index (κ2) is 4.96. The lowest BCUT2D eigenvalue weighted by molar-refractivity contribution is 0.0698. The minimum atomic E-state index is -1.13. The maximum atomic E-state index is 11.9. The van der Waals surface area contributed by atoms with E-state index in [4.69, 9.17) is 11.6 Å². The van der Waals surface area contributed by atoms with Crippen LogP contribution in [0.4, 0.5) is 0 Å². The standard InChI is InChI=1S/C16H12ClN3O3/c17-9-3-5-10(6-4-9)20-15-13(14(19-20)8-1-2-8)11(16(22)23)7-12(21)18-15/h3-8H,1-2H2,(H,18,21)(H,22,23). The summed E-state index contributed by atoms with van der Waals surface area (Å²) < 4.78 is 1.58. The fourth-order valence-electron chi connectivity index (χ4n) is 2.75. The molecular formula is C16H12ClN3O3. The van der Waals surface area contributed by atoms with Crippen LogP contribution in [0.1, 0.15) is 34.8 Å². The highest BCUT2D eigenvalue weighted by Gasteiger charge is 2.32. The van der Waals surface area contributed by atoms with Gasteiger partial charge in [-0.1, -0.05) is 11.6 Å². The molecule has 0 amide bonds. The maximum Gasteiger partial charge on any atom is 0.336 e. The van der Waals surface area contributed by atoms with Gasteiger partial charge in [0.25, 0.3) is 0 Å². The summed E-state index contributed by atoms with van der Waals surface area (Å²) in [6.45, 7) is 0. The number of halogens is 1. The van der Waals surface area contributed by atoms with Gasteiger partial charge in [0.15, 0.2) is 0 Å². The zero-order valence-electron chi connectivity index (χ0n) is 11.9. The van der Waals surface area contributed by atoms with Crippen molar-refractivity contribution >= 4 is 28.6 Å². The molecule has 0 unspecified atom stereocenters. The van der Waals surface area contributed by atoms with Gasteiger partial charge in [0.05, 0.1) is 22.3 Å². The Balaban J connectivity index is 2.07. The second-order valence-corrected chi connectivity index (χ2v) is 6.06. The molecule has 1 saturated carbocycles. The van der Waals surface area contributed by atoms with E-state index in [1.54, 1.807) is 28.9 Å². The van der Waals surface area contributed by atoms with Gasteiger partial charge >= 0.3 is 5.97 Å². The van der Waals surface area contributed by atoms with E-state index < -0.39 is 11.5 Å². The monoisotopic (exact) mass is 329 g/mol. The smallest absolute Gasteiger partial charge is 0.336 e. The summed E-state index contributed by atoms with van der Waals surface area (Å²) in [7, 11) is 0. The molecule has 7 heteroatoms. The topological polar surface area (TPSA) is 88.0 Å². The highest BCUT2D eigenvalue weighted by Crippen LogP contribution is 2.43. The third-order valence-corrected chi connectivity index (χ3v) is 4.22. The van der Waals surface area contributed by atoms with Crippen molar-refractivity contribution in [3.63, 3.8) is 0 Å². The van der Waals surface area contributed by atoms with Gasteiger partial charge in [-0.3, -0.25) is 4.79 Å². The lowest BCUT2D eigenvalue weighted by Crippen LogP contribution is -2.11. The first kappa shape index (κ1) is 14.0. The number of rotatable bonds is 3. The number of nitrogens with zero attached hydrogens (tertiary/aromatic N) is 2. The number of benzene rings is 1. The second-order valence-electron chi connectivity index (χ2n) is 5.62. The Morgan fingerprint density at radius 3 is 2.61 bits per heavy atom. The number of nitrogens with one attached hydrogen (secondary N) is 1. The summed E-state index contributed by atoms with van der Waals surface area (Å²) in [5.74, 6) is -0.881. The minimum Gasteiger partial charge on any atom is -0.478 e. The van der Waals surface area contributed by atoms with Gasteiger partial charge in [-0.05, 0) is 37.1 Å². The van der Waals surface area contributed by atoms with Gasteiger partial charge < -0.3 is 10.1 Å². The highest BCUT2D eigenvalue weighted by atomic mass is 35.5. The van der Waals surface area contributed by atoms with Crippen molar-refractivity contribution in [1.82, 2.24) is 14.8 Å². The fourth-order valence-corrected chi connectivity index (χ4v) is 2.88. The number of carboxylic acid groups (broad SMARTS) is 1. The predicted molar refractivity (Wildman–Crippen MR) is 85.6 cm³/mol. The van der Waals surface area contributed by atoms with Gasteiger partial charge in [-0.15, -0.1) is 0 Å². The molecule has 0 aliphatic heterocycles. The molecule has 0 atom stereocenters. The molecule has 2 N–H and O–H groups in total. The molecule has 2 aromatic heterocycles. The average molecular weight is 330 g/mol. The third kappa shape index (κ3) is 2.31. The van der Waals surface area contributed by atoms with E-state index in [1.807, 2.05) is 0 Å². The number of hydrogen-bond donors (Lipinski definition) is 2. The van der Waals surface area contributed by atoms with Crippen LogP contribution in [0.3, 0.4) is 0 Å². The molecule has 4 rings (SSSR count). The van der Waals surface area contributed by atoms with Gasteiger partial charge in [0, 0.05) is 17.0 Å². The lowest BCUT2D eigenvalue weighted by atomic mass is 10.1. The van der Waals surface area contributed by atoms with E-state index in [0.29, 0.717) is 21.7 Å². The fraction of sp³-hybridized carbons (Fsp3) is 0.188. The van der Waals surface area contributed by atoms with E-state index in [0.717, 1.165) is 24.6 Å². The van der Waals surface area contributed by atoms with Gasteiger partial charge in [0.1, 0.15) is 5.65 Å². The quantitative estimate of drug-likeness (QED) is 0.773. The number of aromatic nitrogens is 3. The summed E-state index contributed by atoms with van der Waals surface area (Å²) in [4.78, 5) is 26.1. The van der Waals surface area contributed by atoms with Crippen molar-refractivity contribution in [2.75, 3.05) is 0 Å². The number of aromatic carboxylic acids is 1. The highest BCUT2D eigenvalue weighted by molar-refractivity contribution is 6.30. The van der Waals surface area contributed by atoms with E-state index >= 15 is 0 Å². The molecule has 1 aliphatic carbocycles. The van der Waals surface area contributed by atoms with Gasteiger partial charge in [-0.2, -0.15) is 5.10 Å². The Morgan fingerprint density at radius 2 is 2.00 bits per heavy atom. The van der Waals surface area contributed by atoms with Gasteiger partial charge in [0.2, 0.25) is 5.56 Å². The lowest BCUT2D eigenvalue weighted by Gasteiger charge is -2.03. The third-order valence-electron chi connectivity index (χ3n) is 3.96. The molecule has 116 valence electrons. The van der Waals surface area contributed by atoms with E-state index in [2.05, 4.69) is 10.1 Å². The number of pyridine rings is 1. The van der Waals surface area contributed by atoms with E-state index in [9.17, 15) is 14.7 Å². The molecule has 23 heavy (non-hydrogen) atoms. The van der Waals surface area contributed by atoms with Crippen LogP contribution in [0.2, 0.25) is 5.02 Å². The van der Waals surface area contributed by atoms with Gasteiger partial charge in [-0.25, -0.2) is 9.48 Å². The zero-order valence-corrected chi connectivity index (χ0v) is 12.7. The number of H-pyrrole nitrogens is 1. The number of aromatic amines is 1. The molecule has 1 aliphatic rings. The van der Waals surface area contributed by atoms with Crippen LogP contribution in [0.5, 0.6) is 0 Å². The predicted octanol–water partition coefficient (Wildman–Crippen LogP) is 2.94. The SMILES string of the molecule is O=C(O)c1cc(=O)[nH]c2c1c(C1CC1)nn2-c1ccc(Cl)cc1. The van der Waals surface area contributed by atoms with Crippen LogP contribution < -0.4 is 5.56 Å². The van der Waals surface area contributed by atoms with E-state index in [-0.39, 0.29) is 11.5 Å². The molecule has 3 aromatic rings. The minimum absolute atomic E-state index is 0.00846. The number of carbonyl (C=O) groups is 1. The molecule has 0 radical (unpaired) electrons. The molecule has 0 bridgehead atoms. The van der Waals surface area contributed by atoms with Crippen molar-refractivity contribution in [3.8, 4) is 5.69 Å². The Morgan fingerprint density at radius 1 is 1.30 bits per heavy atom. The Hall–Kier alpha value is -2.60. The first-order chi connectivity index (χ1) is 11.0. The first-order valence-corrected chi connectivity index (χ1v) is 7.57. The summed E-state index contributed by atoms with van der Waals surface area (Å²) in [5, 5.41) is 15.1. The van der Waals surface area contributed by atoms with Crippen LogP contribution in [-0.2, 0) is 0 Å². The van der Waals surface area contributed by atoms with Crippen LogP contribution in [0.15, 0.2) is 35.1 Å². The molecule has 1 fully saturated rings. The van der Waals surface area contributed by atoms with Crippen molar-refractivity contribution in [3.05, 3.63) is 57.0 Å². The summed E-state index contributed by atoms with van der Waals surface area (Å²) >= 11 is 5.91. The van der Waals surface area contributed by atoms with Crippen molar-refractivity contribution < 1.29 is 9.90 Å². The van der Waals surface area contributed by atoms with Crippen LogP contribution in [0, 0.1) is 0 Å². The molecule has 2 heterocycles. The van der Waals surface area contributed by atoms with Crippen molar-refractivity contribution in [2.45, 2.75) is 18.8 Å². The molecule has 0 spiro atoms. The number of fused-ring (bicyclic) bond motifs is 1. The molecule has 6 nitrogen and oxygen atoms in total. The van der Waals surface area contributed by atoms with Crippen molar-refractivity contribution in [1.29, 1.82) is 0 Å². The largest absolute Gasteiger partial charge is 0.478 e. The van der Waals surface area contributed by atoms with Crippen LogP contribution in [0.25, 0.3) is 16.7 Å². The average Bonchev–Trinajstić information content (AvgIpc) is 3.29. The number of carboxylic acids is 1. The van der Waals surface area contributed by atoms with Crippen molar-refractivity contribution in [2.24, 2.45) is 0 Å². The van der Waals surface area contributed by atoms with Crippen LogP contribution >= 0.6 is 11.6 Å². The van der Waals surface area contributed by atoms with E-state index in [1.165, 1.54) is 0 Å². The normalized spacial score (nSPS) is 14.3. The molecular weight excluding hydrogens is 318 g/mol. The Kier molecular flexibility index (Phi) is 3.02. The maximum absolute atomic E-state index is 11.9. The zero-order chi connectivity index (χ0) is 16.1. The summed E-state index contributed by atoms with van der Waals surface area (Å²) in [5.41, 5.74) is 1.37. The first-order valence-electron chi connectivity index (χ1n) is 7.20. The summed E-state index contributed by atoms with van der Waals surface area (Å²) in [6.07, 6.45) is 1.95. The van der Waals surface area contributed by atoms with Crippen LogP contribution in [-0.4, -0.2) is 25.8 Å². The Bertz CT molecular complexity index is 984. The molecule has 1 aromatic carbocycles. The number of hydrogen-bond acceptors (Lipinski definition) is 3. The summed E-state index contributed by atoms with van der Waals surface area (Å²) in [6, 6.07) is 8.11.